The van der Waals surface area contributed by atoms with Gasteiger partial charge in [-0.3, -0.25) is 0 Å². The average Bonchev–Trinajstić information content (AvgIpc) is 2.64. The lowest BCUT2D eigenvalue weighted by molar-refractivity contribution is -0.143. The lowest BCUT2D eigenvalue weighted by Crippen LogP contribution is -2.34. The standard InChI is InChI=1S/C22H21F3O4/c1-12-5-7-13(8-6-12)17-16-14(11-26)9-21(2,3)10-15(16)29-19(22(23,24)25)18(17)20(27)28-4/h5-8,17H,9-10H2,1-4H3. The monoisotopic (exact) mass is 406 g/mol. The Morgan fingerprint density at radius 1 is 1.21 bits per heavy atom. The molecule has 4 nitrogen and oxygen atoms in total. The van der Waals surface area contributed by atoms with Gasteiger partial charge in [0.25, 0.3) is 0 Å². The second-order valence-corrected chi connectivity index (χ2v) is 8.11. The highest BCUT2D eigenvalue weighted by molar-refractivity contribution is 5.93. The number of hydrogen-bond acceptors (Lipinski definition) is 4. The zero-order chi connectivity index (χ0) is 21.6. The number of hydrogen-bond donors (Lipinski definition) is 0. The van der Waals surface area contributed by atoms with Gasteiger partial charge in [0.15, 0.2) is 0 Å². The van der Waals surface area contributed by atoms with E-state index in [2.05, 4.69) is 4.74 Å². The molecule has 0 saturated heterocycles. The van der Waals surface area contributed by atoms with Crippen molar-refractivity contribution in [2.45, 2.75) is 45.7 Å². The normalized spacial score (nSPS) is 21.3. The lowest BCUT2D eigenvalue weighted by atomic mass is 9.68. The molecular weight excluding hydrogens is 385 g/mol. The highest BCUT2D eigenvalue weighted by Gasteiger charge is 2.51. The van der Waals surface area contributed by atoms with Crippen LogP contribution in [0.5, 0.6) is 0 Å². The van der Waals surface area contributed by atoms with Gasteiger partial charge in [0.05, 0.1) is 12.7 Å². The largest absolute Gasteiger partial charge is 0.466 e. The quantitative estimate of drug-likeness (QED) is 0.516. The second-order valence-electron chi connectivity index (χ2n) is 8.11. The van der Waals surface area contributed by atoms with Crippen LogP contribution in [-0.2, 0) is 19.1 Å². The number of esters is 1. The summed E-state index contributed by atoms with van der Waals surface area (Å²) in [6.45, 7) is 5.52. The molecule has 1 aromatic rings. The number of carbonyl (C=O) groups is 1. The van der Waals surface area contributed by atoms with Crippen molar-refractivity contribution in [1.29, 1.82) is 0 Å². The zero-order valence-electron chi connectivity index (χ0n) is 16.6. The fourth-order valence-electron chi connectivity index (χ4n) is 3.93. The van der Waals surface area contributed by atoms with Crippen molar-refractivity contribution in [3.63, 3.8) is 0 Å². The van der Waals surface area contributed by atoms with Crippen LogP contribution < -0.4 is 0 Å². The number of carbonyl (C=O) groups excluding carboxylic acids is 2. The number of alkyl halides is 3. The van der Waals surface area contributed by atoms with Gasteiger partial charge in [-0.25, -0.2) is 9.59 Å². The fraction of sp³-hybridized carbons (Fsp3) is 0.409. The second kappa shape index (κ2) is 7.23. The third kappa shape index (κ3) is 3.87. The van der Waals surface area contributed by atoms with Gasteiger partial charge < -0.3 is 9.47 Å². The maximum absolute atomic E-state index is 13.9. The van der Waals surface area contributed by atoms with Crippen LogP contribution in [-0.4, -0.2) is 25.2 Å². The van der Waals surface area contributed by atoms with E-state index in [4.69, 9.17) is 4.74 Å². The molecule has 0 aromatic heterocycles. The Morgan fingerprint density at radius 3 is 2.34 bits per heavy atom. The van der Waals surface area contributed by atoms with Gasteiger partial charge in [-0.15, -0.1) is 0 Å². The first-order valence-corrected chi connectivity index (χ1v) is 9.10. The Bertz CT molecular complexity index is 959. The number of benzene rings is 1. The molecule has 1 aliphatic carbocycles. The van der Waals surface area contributed by atoms with Crippen molar-refractivity contribution in [3.8, 4) is 0 Å². The topological polar surface area (TPSA) is 52.6 Å². The Balaban J connectivity index is 2.35. The smallest absolute Gasteiger partial charge is 0.450 e. The minimum absolute atomic E-state index is 0.0464. The third-order valence-corrected chi connectivity index (χ3v) is 5.16. The van der Waals surface area contributed by atoms with E-state index >= 15 is 0 Å². The molecule has 0 fully saturated rings. The van der Waals surface area contributed by atoms with Crippen molar-refractivity contribution in [1.82, 2.24) is 0 Å². The predicted octanol–water partition coefficient (Wildman–Crippen LogP) is 4.93. The summed E-state index contributed by atoms with van der Waals surface area (Å²) in [6.07, 6.45) is -4.39. The molecule has 1 unspecified atom stereocenters. The minimum atomic E-state index is -4.91. The number of methoxy groups -OCH3 is 1. The predicted molar refractivity (Wildman–Crippen MR) is 99.3 cm³/mol. The van der Waals surface area contributed by atoms with Crippen LogP contribution >= 0.6 is 0 Å². The Labute approximate surface area is 166 Å². The van der Waals surface area contributed by atoms with Crippen molar-refractivity contribution in [3.05, 3.63) is 63.6 Å². The molecule has 7 heteroatoms. The highest BCUT2D eigenvalue weighted by Crippen LogP contribution is 2.54. The first-order valence-electron chi connectivity index (χ1n) is 9.10. The molecule has 0 radical (unpaired) electrons. The van der Waals surface area contributed by atoms with Gasteiger partial charge in [0.2, 0.25) is 5.76 Å². The van der Waals surface area contributed by atoms with Crippen LogP contribution in [0.2, 0.25) is 0 Å². The maximum Gasteiger partial charge on any atom is 0.450 e. The van der Waals surface area contributed by atoms with Gasteiger partial charge >= 0.3 is 12.1 Å². The SMILES string of the molecule is COC(=O)C1=C(C(F)(F)F)OC2=C(C(=C=O)CC(C)(C)C2)C1c1ccc(C)cc1. The first-order chi connectivity index (χ1) is 13.5. The first kappa shape index (κ1) is 20.9. The minimum Gasteiger partial charge on any atom is -0.466 e. The van der Waals surface area contributed by atoms with Crippen molar-refractivity contribution < 1.29 is 32.2 Å². The molecule has 0 amide bonds. The molecule has 1 aromatic carbocycles. The molecule has 0 N–H and O–H groups in total. The van der Waals surface area contributed by atoms with E-state index in [9.17, 15) is 22.8 Å². The van der Waals surface area contributed by atoms with Crippen molar-refractivity contribution in [2.75, 3.05) is 7.11 Å². The molecule has 1 atom stereocenters. The van der Waals surface area contributed by atoms with Crippen LogP contribution in [0.4, 0.5) is 13.2 Å². The van der Waals surface area contributed by atoms with Crippen molar-refractivity contribution >= 4 is 11.9 Å². The summed E-state index contributed by atoms with van der Waals surface area (Å²) in [5.41, 5.74) is 0.700. The van der Waals surface area contributed by atoms with E-state index in [1.54, 1.807) is 24.3 Å². The van der Waals surface area contributed by atoms with Crippen LogP contribution in [0.25, 0.3) is 0 Å². The lowest BCUT2D eigenvalue weighted by Gasteiger charge is -2.40. The van der Waals surface area contributed by atoms with Crippen LogP contribution in [0.1, 0.15) is 43.7 Å². The summed E-state index contributed by atoms with van der Waals surface area (Å²) in [6, 6.07) is 6.78. The number of ether oxygens (including phenoxy) is 2. The van der Waals surface area contributed by atoms with Crippen LogP contribution in [0.3, 0.4) is 0 Å². The Morgan fingerprint density at radius 2 is 1.83 bits per heavy atom. The van der Waals surface area contributed by atoms with Crippen molar-refractivity contribution in [2.24, 2.45) is 5.41 Å². The molecule has 29 heavy (non-hydrogen) atoms. The maximum atomic E-state index is 13.9. The molecule has 0 spiro atoms. The van der Waals surface area contributed by atoms with E-state index in [-0.39, 0.29) is 23.3 Å². The molecule has 0 saturated carbocycles. The average molecular weight is 406 g/mol. The number of halogens is 3. The molecule has 0 bridgehead atoms. The van der Waals surface area contributed by atoms with E-state index < -0.39 is 34.8 Å². The Hall–Kier alpha value is -2.79. The summed E-state index contributed by atoms with van der Waals surface area (Å²) in [5.74, 6) is -1.75. The summed E-state index contributed by atoms with van der Waals surface area (Å²) in [4.78, 5) is 24.2. The van der Waals surface area contributed by atoms with Crippen LogP contribution in [0.15, 0.2) is 52.5 Å². The highest BCUT2D eigenvalue weighted by atomic mass is 19.4. The zero-order valence-corrected chi connectivity index (χ0v) is 16.6. The Kier molecular flexibility index (Phi) is 5.22. The third-order valence-electron chi connectivity index (χ3n) is 5.16. The van der Waals surface area contributed by atoms with Gasteiger partial charge in [-0.2, -0.15) is 13.2 Å². The number of aryl methyl sites for hydroxylation is 1. The summed E-state index contributed by atoms with van der Waals surface area (Å²) in [7, 11) is 1.01. The van der Waals surface area contributed by atoms with Gasteiger partial charge in [0, 0.05) is 23.5 Å². The molecule has 154 valence electrons. The molecule has 1 aliphatic heterocycles. The fourth-order valence-corrected chi connectivity index (χ4v) is 3.93. The van der Waals surface area contributed by atoms with Gasteiger partial charge in [-0.1, -0.05) is 43.7 Å². The number of allylic oxidation sites excluding steroid dienone is 4. The van der Waals surface area contributed by atoms with E-state index in [0.717, 1.165) is 12.7 Å². The van der Waals surface area contributed by atoms with Gasteiger partial charge in [-0.05, 0) is 24.3 Å². The molecule has 2 aliphatic rings. The van der Waals surface area contributed by atoms with E-state index in [1.165, 1.54) is 0 Å². The van der Waals surface area contributed by atoms with Gasteiger partial charge in [0.1, 0.15) is 11.7 Å². The summed E-state index contributed by atoms with van der Waals surface area (Å²) >= 11 is 0. The van der Waals surface area contributed by atoms with Crippen LogP contribution in [0, 0.1) is 12.3 Å². The van der Waals surface area contributed by atoms with E-state index in [1.807, 2.05) is 26.7 Å². The number of rotatable bonds is 2. The molecule has 1 heterocycles. The summed E-state index contributed by atoms with van der Waals surface area (Å²) in [5, 5.41) is 0. The molecular formula is C22H21F3O4. The summed E-state index contributed by atoms with van der Waals surface area (Å²) < 4.78 is 51.6. The molecule has 3 rings (SSSR count). The van der Waals surface area contributed by atoms with E-state index in [0.29, 0.717) is 12.0 Å².